The lowest BCUT2D eigenvalue weighted by molar-refractivity contribution is -0.119. The van der Waals surface area contributed by atoms with Gasteiger partial charge in [-0.05, 0) is 40.6 Å². The average molecular weight is 319 g/mol. The number of nitrogens with one attached hydrogen (secondary N) is 1. The monoisotopic (exact) mass is 319 g/mol. The number of hydrogen-bond donors (Lipinski definition) is 1. The lowest BCUT2D eigenvalue weighted by Crippen LogP contribution is -2.18. The van der Waals surface area contributed by atoms with Crippen LogP contribution in [0.25, 0.3) is 10.8 Å². The average Bonchev–Trinajstić information content (AvgIpc) is 2.60. The van der Waals surface area contributed by atoms with Gasteiger partial charge in [-0.25, -0.2) is 4.79 Å². The van der Waals surface area contributed by atoms with E-state index < -0.39 is 5.97 Å². The molecule has 4 heteroatoms. The third kappa shape index (κ3) is 3.79. The van der Waals surface area contributed by atoms with Crippen LogP contribution in [0.1, 0.15) is 22.8 Å². The van der Waals surface area contributed by atoms with E-state index in [1.807, 2.05) is 36.4 Å². The van der Waals surface area contributed by atoms with Gasteiger partial charge in [0.1, 0.15) is 5.75 Å². The van der Waals surface area contributed by atoms with E-state index in [2.05, 4.69) is 5.32 Å². The second-order valence-corrected chi connectivity index (χ2v) is 5.51. The molecule has 1 N–H and O–H groups in total. The van der Waals surface area contributed by atoms with Crippen LogP contribution in [-0.2, 0) is 11.3 Å². The highest BCUT2D eigenvalue weighted by Crippen LogP contribution is 2.21. The molecule has 0 aromatic heterocycles. The van der Waals surface area contributed by atoms with E-state index >= 15 is 0 Å². The number of fused-ring (bicyclic) bond motifs is 1. The van der Waals surface area contributed by atoms with Gasteiger partial charge in [0.05, 0.1) is 5.56 Å². The minimum absolute atomic E-state index is 0.0882. The maximum absolute atomic E-state index is 12.2. The van der Waals surface area contributed by atoms with Crippen LogP contribution < -0.4 is 10.1 Å². The zero-order valence-corrected chi connectivity index (χ0v) is 13.3. The number of rotatable bonds is 4. The molecule has 0 atom stereocenters. The normalized spacial score (nSPS) is 10.4. The van der Waals surface area contributed by atoms with E-state index in [0.29, 0.717) is 17.9 Å². The number of esters is 1. The molecule has 1 amide bonds. The Morgan fingerprint density at radius 3 is 2.33 bits per heavy atom. The van der Waals surface area contributed by atoms with Crippen LogP contribution in [0.3, 0.4) is 0 Å². The van der Waals surface area contributed by atoms with Crippen molar-refractivity contribution in [1.82, 2.24) is 5.32 Å². The molecule has 3 aromatic carbocycles. The van der Waals surface area contributed by atoms with E-state index in [4.69, 9.17) is 4.74 Å². The molecule has 0 unspecified atom stereocenters. The van der Waals surface area contributed by atoms with Crippen LogP contribution in [0, 0.1) is 0 Å². The molecular weight excluding hydrogens is 302 g/mol. The predicted molar refractivity (Wildman–Crippen MR) is 92.9 cm³/mol. The van der Waals surface area contributed by atoms with Crippen LogP contribution in [0.5, 0.6) is 5.75 Å². The number of carbonyl (C=O) groups excluding carboxylic acids is 2. The highest BCUT2D eigenvalue weighted by atomic mass is 16.5. The first kappa shape index (κ1) is 15.7. The molecule has 3 rings (SSSR count). The van der Waals surface area contributed by atoms with Crippen molar-refractivity contribution in [2.75, 3.05) is 0 Å². The minimum Gasteiger partial charge on any atom is -0.423 e. The van der Waals surface area contributed by atoms with E-state index in [1.165, 1.54) is 6.92 Å². The number of carbonyl (C=O) groups is 2. The second kappa shape index (κ2) is 6.96. The van der Waals surface area contributed by atoms with E-state index in [1.54, 1.807) is 30.3 Å². The van der Waals surface area contributed by atoms with Crippen molar-refractivity contribution in [1.29, 1.82) is 0 Å². The van der Waals surface area contributed by atoms with Crippen molar-refractivity contribution in [2.45, 2.75) is 13.5 Å². The maximum Gasteiger partial charge on any atom is 0.343 e. The summed E-state index contributed by atoms with van der Waals surface area (Å²) < 4.78 is 5.44. The third-order valence-electron chi connectivity index (χ3n) is 3.66. The Labute approximate surface area is 140 Å². The van der Waals surface area contributed by atoms with Crippen molar-refractivity contribution >= 4 is 22.6 Å². The molecular formula is C20H17NO3. The van der Waals surface area contributed by atoms with Gasteiger partial charge in [-0.2, -0.15) is 0 Å². The summed E-state index contributed by atoms with van der Waals surface area (Å²) in [6.45, 7) is 1.91. The number of ether oxygens (including phenoxy) is 1. The van der Waals surface area contributed by atoms with Gasteiger partial charge in [-0.3, -0.25) is 4.79 Å². The van der Waals surface area contributed by atoms with E-state index in [9.17, 15) is 9.59 Å². The lowest BCUT2D eigenvalue weighted by atomic mass is 10.1. The fraction of sp³-hybridized carbons (Fsp3) is 0.100. The van der Waals surface area contributed by atoms with Gasteiger partial charge in [0.15, 0.2) is 0 Å². The van der Waals surface area contributed by atoms with Gasteiger partial charge in [0.2, 0.25) is 5.91 Å². The SMILES string of the molecule is CC(=O)NCc1ccc(C(=O)Oc2ccc3ccccc3c2)cc1. The van der Waals surface area contributed by atoms with E-state index in [0.717, 1.165) is 16.3 Å². The van der Waals surface area contributed by atoms with Crippen molar-refractivity contribution in [3.63, 3.8) is 0 Å². The molecule has 0 radical (unpaired) electrons. The minimum atomic E-state index is -0.406. The zero-order valence-electron chi connectivity index (χ0n) is 13.3. The summed E-state index contributed by atoms with van der Waals surface area (Å²) in [6, 6.07) is 20.4. The topological polar surface area (TPSA) is 55.4 Å². The summed E-state index contributed by atoms with van der Waals surface area (Å²) in [5.41, 5.74) is 1.39. The molecule has 3 aromatic rings. The van der Waals surface area contributed by atoms with Crippen LogP contribution >= 0.6 is 0 Å². The number of benzene rings is 3. The van der Waals surface area contributed by atoms with Gasteiger partial charge in [-0.1, -0.05) is 42.5 Å². The van der Waals surface area contributed by atoms with Crippen LogP contribution in [0.2, 0.25) is 0 Å². The van der Waals surface area contributed by atoms with Gasteiger partial charge < -0.3 is 10.1 Å². The fourth-order valence-electron chi connectivity index (χ4n) is 2.38. The van der Waals surface area contributed by atoms with Gasteiger partial charge in [-0.15, -0.1) is 0 Å². The van der Waals surface area contributed by atoms with Gasteiger partial charge >= 0.3 is 5.97 Å². The Hall–Kier alpha value is -3.14. The predicted octanol–water partition coefficient (Wildman–Crippen LogP) is 3.70. The summed E-state index contributed by atoms with van der Waals surface area (Å²) in [5, 5.41) is 4.83. The molecule has 0 saturated heterocycles. The summed E-state index contributed by atoms with van der Waals surface area (Å²) in [6.07, 6.45) is 0. The molecule has 0 aliphatic carbocycles. The first-order chi connectivity index (χ1) is 11.6. The molecule has 0 aliphatic rings. The van der Waals surface area contributed by atoms with Crippen LogP contribution in [0.4, 0.5) is 0 Å². The Kier molecular flexibility index (Phi) is 4.57. The third-order valence-corrected chi connectivity index (χ3v) is 3.66. The summed E-state index contributed by atoms with van der Waals surface area (Å²) in [5.74, 6) is 0.0205. The maximum atomic E-state index is 12.2. The summed E-state index contributed by atoms with van der Waals surface area (Å²) in [7, 11) is 0. The van der Waals surface area contributed by atoms with Crippen molar-refractivity contribution in [3.05, 3.63) is 77.9 Å². The van der Waals surface area contributed by atoms with Crippen molar-refractivity contribution in [3.8, 4) is 5.75 Å². The molecule has 0 heterocycles. The number of hydrogen-bond acceptors (Lipinski definition) is 3. The van der Waals surface area contributed by atoms with Crippen LogP contribution in [-0.4, -0.2) is 11.9 Å². The zero-order chi connectivity index (χ0) is 16.9. The quantitative estimate of drug-likeness (QED) is 0.589. The molecule has 4 nitrogen and oxygen atoms in total. The first-order valence-electron chi connectivity index (χ1n) is 7.66. The molecule has 120 valence electrons. The molecule has 24 heavy (non-hydrogen) atoms. The molecule has 0 bridgehead atoms. The lowest BCUT2D eigenvalue weighted by Gasteiger charge is -2.07. The molecule has 0 aliphatic heterocycles. The Bertz CT molecular complexity index is 885. The second-order valence-electron chi connectivity index (χ2n) is 5.51. The van der Waals surface area contributed by atoms with Crippen molar-refractivity contribution < 1.29 is 14.3 Å². The smallest absolute Gasteiger partial charge is 0.343 e. The summed E-state index contributed by atoms with van der Waals surface area (Å²) in [4.78, 5) is 23.1. The highest BCUT2D eigenvalue weighted by molar-refractivity contribution is 5.92. The van der Waals surface area contributed by atoms with Crippen LogP contribution in [0.15, 0.2) is 66.7 Å². The first-order valence-corrected chi connectivity index (χ1v) is 7.66. The Morgan fingerprint density at radius 2 is 1.62 bits per heavy atom. The fourth-order valence-corrected chi connectivity index (χ4v) is 2.38. The van der Waals surface area contributed by atoms with Gasteiger partial charge in [0.25, 0.3) is 0 Å². The Morgan fingerprint density at radius 1 is 0.917 bits per heavy atom. The Balaban J connectivity index is 1.70. The molecule has 0 fully saturated rings. The van der Waals surface area contributed by atoms with Gasteiger partial charge in [0, 0.05) is 13.5 Å². The highest BCUT2D eigenvalue weighted by Gasteiger charge is 2.09. The van der Waals surface area contributed by atoms with E-state index in [-0.39, 0.29) is 5.91 Å². The molecule has 0 spiro atoms. The van der Waals surface area contributed by atoms with Crippen molar-refractivity contribution in [2.24, 2.45) is 0 Å². The standard InChI is InChI=1S/C20H17NO3/c1-14(22)21-13-15-6-8-17(9-7-15)20(23)24-19-11-10-16-4-2-3-5-18(16)12-19/h2-12H,13H2,1H3,(H,21,22). The molecule has 0 saturated carbocycles. The largest absolute Gasteiger partial charge is 0.423 e. The summed E-state index contributed by atoms with van der Waals surface area (Å²) >= 11 is 0. The number of amides is 1.